The Balaban J connectivity index is 1.55. The molecular formula is C17H23FN4O2. The maximum Gasteiger partial charge on any atom is 0.265 e. The number of rotatable bonds is 8. The normalized spacial score (nSPS) is 15.3. The molecule has 6 nitrogen and oxygen atoms in total. The lowest BCUT2D eigenvalue weighted by atomic mass is 10.1. The van der Waals surface area contributed by atoms with Gasteiger partial charge in [-0.05, 0) is 48.5 Å². The summed E-state index contributed by atoms with van der Waals surface area (Å²) in [6.07, 6.45) is 2.37. The molecule has 0 saturated heterocycles. The number of halogens is 1. The van der Waals surface area contributed by atoms with Crippen LogP contribution in [0.2, 0.25) is 0 Å². The van der Waals surface area contributed by atoms with Gasteiger partial charge in [-0.3, -0.25) is 0 Å². The molecule has 1 aliphatic carbocycles. The van der Waals surface area contributed by atoms with Crippen LogP contribution in [0.3, 0.4) is 0 Å². The third-order valence-electron chi connectivity index (χ3n) is 4.04. The van der Waals surface area contributed by atoms with Crippen LogP contribution in [0.5, 0.6) is 5.75 Å². The smallest absolute Gasteiger partial charge is 0.265 e. The van der Waals surface area contributed by atoms with E-state index in [1.165, 1.54) is 18.9 Å². The van der Waals surface area contributed by atoms with Gasteiger partial charge in [0.1, 0.15) is 0 Å². The summed E-state index contributed by atoms with van der Waals surface area (Å²) in [5.41, 5.74) is 0.846. The van der Waals surface area contributed by atoms with Crippen LogP contribution in [-0.4, -0.2) is 30.8 Å². The molecule has 1 heterocycles. The van der Waals surface area contributed by atoms with Crippen molar-refractivity contribution in [2.45, 2.75) is 32.4 Å². The Morgan fingerprint density at radius 3 is 2.83 bits per heavy atom. The van der Waals surface area contributed by atoms with Gasteiger partial charge >= 0.3 is 0 Å². The average molecular weight is 334 g/mol. The van der Waals surface area contributed by atoms with Gasteiger partial charge in [-0.2, -0.15) is 4.98 Å². The third-order valence-corrected chi connectivity index (χ3v) is 4.04. The lowest BCUT2D eigenvalue weighted by Crippen LogP contribution is -2.18. The van der Waals surface area contributed by atoms with E-state index in [9.17, 15) is 4.39 Å². The second-order valence-electron chi connectivity index (χ2n) is 6.43. The van der Waals surface area contributed by atoms with E-state index in [2.05, 4.69) is 15.5 Å². The van der Waals surface area contributed by atoms with Crippen molar-refractivity contribution in [3.63, 3.8) is 0 Å². The highest BCUT2D eigenvalue weighted by Crippen LogP contribution is 2.30. The second-order valence-corrected chi connectivity index (χ2v) is 6.43. The molecule has 1 atom stereocenters. The highest BCUT2D eigenvalue weighted by Gasteiger charge is 2.22. The Bertz CT molecular complexity index is 685. The zero-order valence-corrected chi connectivity index (χ0v) is 14.3. The van der Waals surface area contributed by atoms with Crippen LogP contribution in [-0.2, 0) is 6.54 Å². The highest BCUT2D eigenvalue weighted by molar-refractivity contribution is 5.31. The minimum absolute atomic E-state index is 0.0494. The minimum atomic E-state index is -0.325. The Morgan fingerprint density at radius 1 is 1.42 bits per heavy atom. The van der Waals surface area contributed by atoms with E-state index in [0.717, 1.165) is 5.56 Å². The quantitative estimate of drug-likeness (QED) is 0.801. The number of hydrogen-bond acceptors (Lipinski definition) is 6. The zero-order valence-electron chi connectivity index (χ0n) is 14.3. The van der Waals surface area contributed by atoms with Crippen molar-refractivity contribution in [3.8, 4) is 5.75 Å². The van der Waals surface area contributed by atoms with Crippen LogP contribution >= 0.6 is 0 Å². The molecule has 0 unspecified atom stereocenters. The van der Waals surface area contributed by atoms with E-state index >= 15 is 0 Å². The van der Waals surface area contributed by atoms with Crippen molar-refractivity contribution in [3.05, 3.63) is 35.5 Å². The SMILES string of the molecule is C[C@H](NCc1nc(N(C)C)no1)c1ccc(OCC2CC2)c(F)c1. The van der Waals surface area contributed by atoms with Gasteiger partial charge in [0.05, 0.1) is 13.2 Å². The van der Waals surface area contributed by atoms with E-state index in [4.69, 9.17) is 9.26 Å². The summed E-state index contributed by atoms with van der Waals surface area (Å²) in [7, 11) is 3.70. The van der Waals surface area contributed by atoms with Gasteiger partial charge in [-0.1, -0.05) is 6.07 Å². The van der Waals surface area contributed by atoms with Gasteiger partial charge in [-0.15, -0.1) is 0 Å². The number of anilines is 1. The fraction of sp³-hybridized carbons (Fsp3) is 0.529. The monoisotopic (exact) mass is 334 g/mol. The lowest BCUT2D eigenvalue weighted by molar-refractivity contribution is 0.285. The highest BCUT2D eigenvalue weighted by atomic mass is 19.1. The maximum absolute atomic E-state index is 14.1. The molecule has 1 aromatic heterocycles. The van der Waals surface area contributed by atoms with Crippen molar-refractivity contribution >= 4 is 5.95 Å². The number of hydrogen-bond donors (Lipinski definition) is 1. The van der Waals surface area contributed by atoms with Gasteiger partial charge in [0.2, 0.25) is 5.89 Å². The fourth-order valence-electron chi connectivity index (χ4n) is 2.25. The summed E-state index contributed by atoms with van der Waals surface area (Å²) in [5.74, 6) is 1.63. The number of ether oxygens (including phenoxy) is 1. The van der Waals surface area contributed by atoms with Crippen LogP contribution in [0, 0.1) is 11.7 Å². The largest absolute Gasteiger partial charge is 0.490 e. The van der Waals surface area contributed by atoms with Gasteiger partial charge < -0.3 is 19.5 Å². The standard InChI is InChI=1S/C17H23FN4O2/c1-11(19-9-16-20-17(21-24-16)22(2)3)13-6-7-15(14(18)8-13)23-10-12-4-5-12/h6-8,11-12,19H,4-5,9-10H2,1-3H3/t11-/m0/s1. The Morgan fingerprint density at radius 2 is 2.21 bits per heavy atom. The van der Waals surface area contributed by atoms with Gasteiger partial charge in [0, 0.05) is 20.1 Å². The Kier molecular flexibility index (Phi) is 4.99. The molecule has 1 aliphatic rings. The molecule has 24 heavy (non-hydrogen) atoms. The Labute approximate surface area is 141 Å². The van der Waals surface area contributed by atoms with Crippen LogP contribution in [0.15, 0.2) is 22.7 Å². The van der Waals surface area contributed by atoms with E-state index in [0.29, 0.717) is 36.7 Å². The first-order chi connectivity index (χ1) is 11.5. The molecule has 1 N–H and O–H groups in total. The molecule has 0 aliphatic heterocycles. The van der Waals surface area contributed by atoms with Crippen molar-refractivity contribution in [1.82, 2.24) is 15.5 Å². The third kappa shape index (κ3) is 4.23. The number of nitrogens with one attached hydrogen (secondary N) is 1. The molecule has 0 bridgehead atoms. The fourth-order valence-corrected chi connectivity index (χ4v) is 2.25. The first kappa shape index (κ1) is 16.7. The Hall–Kier alpha value is -2.15. The molecule has 2 aromatic rings. The first-order valence-electron chi connectivity index (χ1n) is 8.18. The van der Waals surface area contributed by atoms with Crippen LogP contribution in [0.25, 0.3) is 0 Å². The van der Waals surface area contributed by atoms with Gasteiger partial charge in [0.15, 0.2) is 11.6 Å². The van der Waals surface area contributed by atoms with E-state index < -0.39 is 0 Å². The number of benzene rings is 1. The lowest BCUT2D eigenvalue weighted by Gasteiger charge is -2.14. The summed E-state index contributed by atoms with van der Waals surface area (Å²) < 4.78 is 24.8. The van der Waals surface area contributed by atoms with Crippen molar-refractivity contribution in [1.29, 1.82) is 0 Å². The molecule has 130 valence electrons. The summed E-state index contributed by atoms with van der Waals surface area (Å²) >= 11 is 0. The summed E-state index contributed by atoms with van der Waals surface area (Å²) in [5, 5.41) is 7.11. The summed E-state index contributed by atoms with van der Waals surface area (Å²) in [4.78, 5) is 6.02. The number of nitrogens with zero attached hydrogens (tertiary/aromatic N) is 3. The molecule has 0 spiro atoms. The van der Waals surface area contributed by atoms with Crippen molar-refractivity contribution < 1.29 is 13.7 Å². The molecule has 1 fully saturated rings. The molecule has 0 radical (unpaired) electrons. The maximum atomic E-state index is 14.1. The molecular weight excluding hydrogens is 311 g/mol. The van der Waals surface area contributed by atoms with Crippen LogP contribution < -0.4 is 15.0 Å². The molecule has 7 heteroatoms. The van der Waals surface area contributed by atoms with Crippen LogP contribution in [0.1, 0.15) is 37.3 Å². The molecule has 0 amide bonds. The predicted molar refractivity (Wildman–Crippen MR) is 88.5 cm³/mol. The summed E-state index contributed by atoms with van der Waals surface area (Å²) in [6.45, 7) is 2.99. The van der Waals surface area contributed by atoms with Crippen LogP contribution in [0.4, 0.5) is 10.3 Å². The minimum Gasteiger partial charge on any atom is -0.490 e. The van der Waals surface area contributed by atoms with Gasteiger partial charge in [0.25, 0.3) is 5.95 Å². The molecule has 1 saturated carbocycles. The second kappa shape index (κ2) is 7.17. The molecule has 3 rings (SSSR count). The van der Waals surface area contributed by atoms with Crippen molar-refractivity contribution in [2.24, 2.45) is 5.92 Å². The van der Waals surface area contributed by atoms with Gasteiger partial charge in [-0.25, -0.2) is 4.39 Å². The first-order valence-corrected chi connectivity index (χ1v) is 8.18. The van der Waals surface area contributed by atoms with E-state index in [1.807, 2.05) is 27.1 Å². The summed E-state index contributed by atoms with van der Waals surface area (Å²) in [6, 6.07) is 5.04. The zero-order chi connectivity index (χ0) is 17.1. The van der Waals surface area contributed by atoms with Crippen molar-refractivity contribution in [2.75, 3.05) is 25.6 Å². The average Bonchev–Trinajstić information content (AvgIpc) is 3.26. The number of aromatic nitrogens is 2. The van der Waals surface area contributed by atoms with E-state index in [1.54, 1.807) is 11.0 Å². The topological polar surface area (TPSA) is 63.4 Å². The predicted octanol–water partition coefficient (Wildman–Crippen LogP) is 2.91. The van der Waals surface area contributed by atoms with E-state index in [-0.39, 0.29) is 11.9 Å². The molecule has 1 aromatic carbocycles.